The van der Waals surface area contributed by atoms with Crippen LogP contribution in [0.25, 0.3) is 0 Å². The second-order valence-corrected chi connectivity index (χ2v) is 4.79. The lowest BCUT2D eigenvalue weighted by molar-refractivity contribution is -0.126. The van der Waals surface area contributed by atoms with E-state index in [2.05, 4.69) is 4.90 Å². The molecule has 2 unspecified atom stereocenters. The molecule has 0 aromatic rings. The average molecular weight is 165 g/mol. The van der Waals surface area contributed by atoms with Crippen molar-refractivity contribution in [1.82, 2.24) is 4.90 Å². The zero-order valence-corrected chi connectivity index (χ0v) is 7.28. The van der Waals surface area contributed by atoms with Gasteiger partial charge in [0.15, 0.2) is 0 Å². The van der Waals surface area contributed by atoms with Crippen molar-refractivity contribution in [3.63, 3.8) is 0 Å². The summed E-state index contributed by atoms with van der Waals surface area (Å²) in [6.07, 6.45) is 3.89. The Bertz CT molecular complexity index is 186. The number of hydrogen-bond acceptors (Lipinski definition) is 2. The molecule has 0 radical (unpaired) electrons. The molecule has 0 spiro atoms. The Balaban J connectivity index is 1.90. The molecule has 4 aliphatic rings. The molecule has 66 valence electrons. The van der Waals surface area contributed by atoms with Crippen molar-refractivity contribution in [3.05, 3.63) is 0 Å². The Morgan fingerprint density at radius 1 is 1.08 bits per heavy atom. The van der Waals surface area contributed by atoms with Crippen LogP contribution in [-0.2, 0) is 4.79 Å². The topological polar surface area (TPSA) is 20.3 Å². The second-order valence-electron chi connectivity index (χ2n) is 4.79. The van der Waals surface area contributed by atoms with E-state index in [9.17, 15) is 4.79 Å². The Kier molecular flexibility index (Phi) is 1.37. The van der Waals surface area contributed by atoms with Gasteiger partial charge in [0.2, 0.25) is 0 Å². The molecule has 12 heavy (non-hydrogen) atoms. The number of carbonyl (C=O) groups is 1. The molecular weight excluding hydrogens is 150 g/mol. The van der Waals surface area contributed by atoms with Gasteiger partial charge in [0.05, 0.1) is 0 Å². The molecule has 1 aliphatic carbocycles. The van der Waals surface area contributed by atoms with E-state index >= 15 is 0 Å². The van der Waals surface area contributed by atoms with E-state index in [1.54, 1.807) is 0 Å². The van der Waals surface area contributed by atoms with E-state index in [4.69, 9.17) is 0 Å². The van der Waals surface area contributed by atoms with Crippen LogP contribution in [0.5, 0.6) is 0 Å². The molecule has 0 aromatic carbocycles. The fourth-order valence-corrected chi connectivity index (χ4v) is 3.67. The monoisotopic (exact) mass is 165 g/mol. The average Bonchev–Trinajstić information content (AvgIpc) is 2.02. The number of nitrogens with zero attached hydrogens (tertiary/aromatic N) is 1. The fraction of sp³-hybridized carbons (Fsp3) is 0.900. The van der Waals surface area contributed by atoms with Gasteiger partial charge in [-0.3, -0.25) is 0 Å². The van der Waals surface area contributed by atoms with Crippen LogP contribution in [0, 0.1) is 23.7 Å². The lowest BCUT2D eigenvalue weighted by atomic mass is 9.62. The van der Waals surface area contributed by atoms with Crippen molar-refractivity contribution in [3.8, 4) is 0 Å². The van der Waals surface area contributed by atoms with E-state index in [1.165, 1.54) is 38.8 Å². The summed E-state index contributed by atoms with van der Waals surface area (Å²) in [4.78, 5) is 13.4. The summed E-state index contributed by atoms with van der Waals surface area (Å²) in [5.41, 5.74) is 0. The predicted molar refractivity (Wildman–Crippen MR) is 45.7 cm³/mol. The summed E-state index contributed by atoms with van der Waals surface area (Å²) in [7, 11) is 0. The Morgan fingerprint density at radius 3 is 2.25 bits per heavy atom. The van der Waals surface area contributed by atoms with Crippen LogP contribution in [0.2, 0.25) is 0 Å². The molecule has 2 heteroatoms. The van der Waals surface area contributed by atoms with Crippen LogP contribution >= 0.6 is 0 Å². The molecule has 2 atom stereocenters. The maximum absolute atomic E-state index is 10.9. The van der Waals surface area contributed by atoms with Crippen molar-refractivity contribution in [1.29, 1.82) is 0 Å². The zero-order chi connectivity index (χ0) is 8.13. The third-order valence-corrected chi connectivity index (χ3v) is 4.02. The molecule has 3 heterocycles. The number of piperidine rings is 3. The van der Waals surface area contributed by atoms with Gasteiger partial charge in [0.1, 0.15) is 6.29 Å². The minimum absolute atomic E-state index is 0.415. The molecular formula is C10H15NO. The maximum atomic E-state index is 10.9. The summed E-state index contributed by atoms with van der Waals surface area (Å²) < 4.78 is 0. The fourth-order valence-electron chi connectivity index (χ4n) is 3.67. The normalized spacial score (nSPS) is 55.8. The third kappa shape index (κ3) is 0.817. The highest BCUT2D eigenvalue weighted by Crippen LogP contribution is 2.45. The highest BCUT2D eigenvalue weighted by molar-refractivity contribution is 5.55. The van der Waals surface area contributed by atoms with E-state index in [-0.39, 0.29) is 0 Å². The van der Waals surface area contributed by atoms with Crippen LogP contribution in [0.3, 0.4) is 0 Å². The van der Waals surface area contributed by atoms with Gasteiger partial charge in [-0.2, -0.15) is 0 Å². The van der Waals surface area contributed by atoms with Gasteiger partial charge < -0.3 is 9.69 Å². The molecule has 3 saturated heterocycles. The van der Waals surface area contributed by atoms with Gasteiger partial charge in [-0.05, 0) is 30.6 Å². The zero-order valence-electron chi connectivity index (χ0n) is 7.28. The minimum Gasteiger partial charge on any atom is -0.303 e. The van der Waals surface area contributed by atoms with Gasteiger partial charge in [0, 0.05) is 25.6 Å². The number of rotatable bonds is 1. The summed E-state index contributed by atoms with van der Waals surface area (Å²) in [6, 6.07) is 0. The lowest BCUT2D eigenvalue weighted by Crippen LogP contribution is -2.58. The van der Waals surface area contributed by atoms with Crippen molar-refractivity contribution in [2.75, 3.05) is 19.6 Å². The van der Waals surface area contributed by atoms with E-state index in [0.717, 1.165) is 5.92 Å². The molecule has 0 N–H and O–H groups in total. The van der Waals surface area contributed by atoms with Crippen LogP contribution < -0.4 is 0 Å². The molecule has 0 aromatic heterocycles. The van der Waals surface area contributed by atoms with Crippen molar-refractivity contribution < 1.29 is 4.79 Å². The molecule has 0 amide bonds. The summed E-state index contributed by atoms with van der Waals surface area (Å²) in [5.74, 6) is 2.78. The van der Waals surface area contributed by atoms with Crippen LogP contribution in [0.15, 0.2) is 0 Å². The van der Waals surface area contributed by atoms with Gasteiger partial charge in [-0.25, -0.2) is 0 Å². The molecule has 4 bridgehead atoms. The Hall–Kier alpha value is -0.370. The first-order valence-corrected chi connectivity index (χ1v) is 5.04. The second kappa shape index (κ2) is 2.32. The van der Waals surface area contributed by atoms with Gasteiger partial charge in [-0.1, -0.05) is 0 Å². The quantitative estimate of drug-likeness (QED) is 0.535. The summed E-state index contributed by atoms with van der Waals surface area (Å²) in [5, 5.41) is 0. The smallest absolute Gasteiger partial charge is 0.123 e. The highest BCUT2D eigenvalue weighted by Gasteiger charge is 2.47. The third-order valence-electron chi connectivity index (χ3n) is 4.02. The van der Waals surface area contributed by atoms with Crippen molar-refractivity contribution in [2.24, 2.45) is 23.7 Å². The molecule has 4 rings (SSSR count). The van der Waals surface area contributed by atoms with Gasteiger partial charge in [-0.15, -0.1) is 0 Å². The first-order chi connectivity index (χ1) is 5.86. The standard InChI is InChI=1S/C10H15NO/c12-6-10-8-1-7-2-9(10)5-11(3-7)4-8/h6-10H,1-5H2. The van der Waals surface area contributed by atoms with Gasteiger partial charge in [0.25, 0.3) is 0 Å². The highest BCUT2D eigenvalue weighted by atomic mass is 16.1. The molecule has 4 fully saturated rings. The molecule has 3 aliphatic heterocycles. The SMILES string of the molecule is O=CC1C2CC3CC1CN(C3)C2. The molecule has 2 nitrogen and oxygen atoms in total. The number of carbonyl (C=O) groups excluding carboxylic acids is 1. The van der Waals surface area contributed by atoms with Crippen molar-refractivity contribution >= 4 is 6.29 Å². The number of aldehydes is 1. The first-order valence-electron chi connectivity index (χ1n) is 5.04. The van der Waals surface area contributed by atoms with Gasteiger partial charge >= 0.3 is 0 Å². The first kappa shape index (κ1) is 7.07. The van der Waals surface area contributed by atoms with Crippen LogP contribution in [0.4, 0.5) is 0 Å². The largest absolute Gasteiger partial charge is 0.303 e. The maximum Gasteiger partial charge on any atom is 0.123 e. The van der Waals surface area contributed by atoms with Crippen molar-refractivity contribution in [2.45, 2.75) is 12.8 Å². The Labute approximate surface area is 72.9 Å². The van der Waals surface area contributed by atoms with E-state index < -0.39 is 0 Å². The lowest BCUT2D eigenvalue weighted by Gasteiger charge is -2.54. The van der Waals surface area contributed by atoms with E-state index in [0.29, 0.717) is 17.8 Å². The Morgan fingerprint density at radius 2 is 1.75 bits per heavy atom. The predicted octanol–water partition coefficient (Wildman–Crippen LogP) is 0.773. The van der Waals surface area contributed by atoms with Crippen LogP contribution in [-0.4, -0.2) is 30.8 Å². The summed E-state index contributed by atoms with van der Waals surface area (Å²) >= 11 is 0. The van der Waals surface area contributed by atoms with Crippen LogP contribution in [0.1, 0.15) is 12.8 Å². The minimum atomic E-state index is 0.415. The summed E-state index contributed by atoms with van der Waals surface area (Å²) in [6.45, 7) is 3.73. The number of hydrogen-bond donors (Lipinski definition) is 0. The van der Waals surface area contributed by atoms with E-state index in [1.807, 2.05) is 0 Å². The molecule has 1 saturated carbocycles.